The number of aromatic nitrogens is 2. The summed E-state index contributed by atoms with van der Waals surface area (Å²) in [6.45, 7) is 2.60. The first-order chi connectivity index (χ1) is 7.56. The summed E-state index contributed by atoms with van der Waals surface area (Å²) in [5, 5.41) is 5.29. The van der Waals surface area contributed by atoms with Gasteiger partial charge in [0.25, 0.3) is 0 Å². The van der Waals surface area contributed by atoms with E-state index in [2.05, 4.69) is 5.10 Å². The molecule has 16 heavy (non-hydrogen) atoms. The molecule has 0 bridgehead atoms. The van der Waals surface area contributed by atoms with E-state index in [1.165, 1.54) is 0 Å². The molecule has 2 N–H and O–H groups in total. The number of hydrogen-bond donors (Lipinski definition) is 1. The summed E-state index contributed by atoms with van der Waals surface area (Å²) < 4.78 is 1.83. The molecule has 0 fully saturated rings. The molecule has 0 amide bonds. The molecule has 2 aromatic rings. The summed E-state index contributed by atoms with van der Waals surface area (Å²) in [5.74, 6) is 0.526. The second-order valence-electron chi connectivity index (χ2n) is 3.62. The van der Waals surface area contributed by atoms with E-state index in [4.69, 9.17) is 28.9 Å². The number of nitrogen functional groups attached to an aromatic ring is 1. The molecule has 0 aliphatic carbocycles. The Kier molecular flexibility index (Phi) is 3.08. The summed E-state index contributed by atoms with van der Waals surface area (Å²) in [6.07, 6.45) is 0. The molecule has 84 valence electrons. The molecule has 0 unspecified atom stereocenters. The van der Waals surface area contributed by atoms with Crippen molar-refractivity contribution in [2.75, 3.05) is 5.73 Å². The average Bonchev–Trinajstić information content (AvgIpc) is 2.51. The van der Waals surface area contributed by atoms with Crippen LogP contribution in [0.3, 0.4) is 0 Å². The number of anilines is 1. The summed E-state index contributed by atoms with van der Waals surface area (Å²) in [6, 6.07) is 7.37. The molecule has 1 heterocycles. The van der Waals surface area contributed by atoms with Gasteiger partial charge in [-0.25, -0.2) is 0 Å². The van der Waals surface area contributed by atoms with Crippen LogP contribution < -0.4 is 5.73 Å². The highest BCUT2D eigenvalue weighted by molar-refractivity contribution is 6.42. The number of nitrogens with zero attached hydrogens (tertiary/aromatic N) is 2. The lowest BCUT2D eigenvalue weighted by molar-refractivity contribution is 0.668. The number of hydrogen-bond acceptors (Lipinski definition) is 2. The fourth-order valence-electron chi connectivity index (χ4n) is 1.51. The Morgan fingerprint density at radius 3 is 2.56 bits per heavy atom. The van der Waals surface area contributed by atoms with E-state index in [0.29, 0.717) is 22.4 Å². The van der Waals surface area contributed by atoms with Gasteiger partial charge in [0, 0.05) is 11.8 Å². The van der Waals surface area contributed by atoms with Crippen molar-refractivity contribution in [3.05, 3.63) is 45.6 Å². The monoisotopic (exact) mass is 255 g/mol. The summed E-state index contributed by atoms with van der Waals surface area (Å²) >= 11 is 11.8. The van der Waals surface area contributed by atoms with Gasteiger partial charge in [0.05, 0.1) is 16.6 Å². The van der Waals surface area contributed by atoms with Crippen molar-refractivity contribution in [1.29, 1.82) is 0 Å². The first-order valence-electron chi connectivity index (χ1n) is 4.80. The van der Waals surface area contributed by atoms with Crippen LogP contribution in [0.4, 0.5) is 5.82 Å². The number of rotatable bonds is 2. The van der Waals surface area contributed by atoms with Crippen LogP contribution in [-0.4, -0.2) is 9.78 Å². The van der Waals surface area contributed by atoms with Gasteiger partial charge in [-0.3, -0.25) is 4.68 Å². The van der Waals surface area contributed by atoms with Crippen LogP contribution in [0.25, 0.3) is 0 Å². The minimum Gasteiger partial charge on any atom is -0.382 e. The fraction of sp³-hybridized carbons (Fsp3) is 0.182. The van der Waals surface area contributed by atoms with Gasteiger partial charge in [-0.2, -0.15) is 5.10 Å². The zero-order valence-corrected chi connectivity index (χ0v) is 10.3. The van der Waals surface area contributed by atoms with E-state index < -0.39 is 0 Å². The molecule has 0 spiro atoms. The van der Waals surface area contributed by atoms with Gasteiger partial charge in [0.1, 0.15) is 5.82 Å². The van der Waals surface area contributed by atoms with Gasteiger partial charge in [-0.05, 0) is 24.6 Å². The molecule has 0 aliphatic heterocycles. The van der Waals surface area contributed by atoms with Gasteiger partial charge >= 0.3 is 0 Å². The second-order valence-corrected chi connectivity index (χ2v) is 4.43. The van der Waals surface area contributed by atoms with Gasteiger partial charge < -0.3 is 5.73 Å². The Labute approximate surface area is 104 Å². The van der Waals surface area contributed by atoms with Gasteiger partial charge in [0.2, 0.25) is 0 Å². The van der Waals surface area contributed by atoms with Crippen molar-refractivity contribution < 1.29 is 0 Å². The maximum Gasteiger partial charge on any atom is 0.145 e. The zero-order chi connectivity index (χ0) is 11.7. The topological polar surface area (TPSA) is 43.8 Å². The van der Waals surface area contributed by atoms with Crippen LogP contribution in [-0.2, 0) is 6.54 Å². The Morgan fingerprint density at radius 2 is 2.00 bits per heavy atom. The van der Waals surface area contributed by atoms with Crippen LogP contribution >= 0.6 is 23.2 Å². The van der Waals surface area contributed by atoms with Crippen molar-refractivity contribution in [3.8, 4) is 0 Å². The Hall–Kier alpha value is -1.19. The molecular formula is C11H11Cl2N3. The normalized spacial score (nSPS) is 10.7. The third kappa shape index (κ3) is 2.31. The predicted molar refractivity (Wildman–Crippen MR) is 66.9 cm³/mol. The molecule has 1 aromatic carbocycles. The van der Waals surface area contributed by atoms with Crippen molar-refractivity contribution in [2.24, 2.45) is 0 Å². The molecule has 0 aliphatic rings. The lowest BCUT2D eigenvalue weighted by Gasteiger charge is -2.05. The van der Waals surface area contributed by atoms with Crippen LogP contribution in [0.1, 0.15) is 11.3 Å². The highest BCUT2D eigenvalue weighted by Gasteiger charge is 2.04. The highest BCUT2D eigenvalue weighted by atomic mass is 35.5. The molecule has 2 rings (SSSR count). The van der Waals surface area contributed by atoms with Crippen LogP contribution in [0.15, 0.2) is 24.3 Å². The number of nitrogens with two attached hydrogens (primary N) is 1. The quantitative estimate of drug-likeness (QED) is 0.897. The van der Waals surface area contributed by atoms with Crippen molar-refractivity contribution in [2.45, 2.75) is 13.5 Å². The Morgan fingerprint density at radius 1 is 1.25 bits per heavy atom. The predicted octanol–water partition coefficient (Wildman–Crippen LogP) is 3.13. The van der Waals surface area contributed by atoms with Gasteiger partial charge in [0.15, 0.2) is 0 Å². The molecule has 5 heteroatoms. The average molecular weight is 256 g/mol. The highest BCUT2D eigenvalue weighted by Crippen LogP contribution is 2.23. The van der Waals surface area contributed by atoms with Crippen molar-refractivity contribution in [3.63, 3.8) is 0 Å². The van der Waals surface area contributed by atoms with E-state index in [0.717, 1.165) is 11.3 Å². The van der Waals surface area contributed by atoms with E-state index in [-0.39, 0.29) is 0 Å². The molecular weight excluding hydrogens is 245 g/mol. The Bertz CT molecular complexity index is 520. The second kappa shape index (κ2) is 4.36. The third-order valence-electron chi connectivity index (χ3n) is 2.32. The standard InChI is InChI=1S/C11H11Cl2N3/c1-7-4-11(14)15-16(7)6-8-2-3-9(12)10(13)5-8/h2-5H,6H2,1H3,(H2,14,15). The Balaban J connectivity index is 2.27. The number of halogens is 2. The van der Waals surface area contributed by atoms with E-state index >= 15 is 0 Å². The molecule has 0 atom stereocenters. The maximum absolute atomic E-state index is 5.94. The summed E-state index contributed by atoms with van der Waals surface area (Å²) in [5.41, 5.74) is 7.67. The van der Waals surface area contributed by atoms with Gasteiger partial charge in [-0.15, -0.1) is 0 Å². The van der Waals surface area contributed by atoms with E-state index in [1.807, 2.05) is 29.8 Å². The van der Waals surface area contributed by atoms with Crippen LogP contribution in [0, 0.1) is 6.92 Å². The SMILES string of the molecule is Cc1cc(N)nn1Cc1ccc(Cl)c(Cl)c1. The molecule has 0 saturated heterocycles. The van der Waals surface area contributed by atoms with Gasteiger partial charge in [-0.1, -0.05) is 29.3 Å². The smallest absolute Gasteiger partial charge is 0.145 e. The molecule has 3 nitrogen and oxygen atoms in total. The third-order valence-corrected chi connectivity index (χ3v) is 3.06. The van der Waals surface area contributed by atoms with Crippen molar-refractivity contribution >= 4 is 29.0 Å². The first kappa shape index (κ1) is 11.3. The molecule has 1 aromatic heterocycles. The largest absolute Gasteiger partial charge is 0.382 e. The van der Waals surface area contributed by atoms with E-state index in [1.54, 1.807) is 6.07 Å². The summed E-state index contributed by atoms with van der Waals surface area (Å²) in [4.78, 5) is 0. The van der Waals surface area contributed by atoms with E-state index in [9.17, 15) is 0 Å². The fourth-order valence-corrected chi connectivity index (χ4v) is 1.83. The maximum atomic E-state index is 5.94. The number of benzene rings is 1. The first-order valence-corrected chi connectivity index (χ1v) is 5.55. The van der Waals surface area contributed by atoms with Crippen LogP contribution in [0.2, 0.25) is 10.0 Å². The minimum absolute atomic E-state index is 0.526. The minimum atomic E-state index is 0.526. The number of aryl methyl sites for hydroxylation is 1. The molecule has 0 radical (unpaired) electrons. The summed E-state index contributed by atoms with van der Waals surface area (Å²) in [7, 11) is 0. The lowest BCUT2D eigenvalue weighted by atomic mass is 10.2. The zero-order valence-electron chi connectivity index (χ0n) is 8.74. The lowest BCUT2D eigenvalue weighted by Crippen LogP contribution is -2.04. The van der Waals surface area contributed by atoms with Crippen molar-refractivity contribution in [1.82, 2.24) is 9.78 Å². The molecule has 0 saturated carbocycles. The van der Waals surface area contributed by atoms with Crippen LogP contribution in [0.5, 0.6) is 0 Å².